The van der Waals surface area contributed by atoms with E-state index >= 15 is 0 Å². The highest BCUT2D eigenvalue weighted by atomic mass is 35.5. The van der Waals surface area contributed by atoms with Crippen LogP contribution in [0.25, 0.3) is 6.08 Å². The number of carbonyl (C=O) groups excluding carboxylic acids is 3. The Morgan fingerprint density at radius 2 is 1.83 bits per heavy atom. The van der Waals surface area contributed by atoms with Gasteiger partial charge in [0.2, 0.25) is 5.91 Å². The topological polar surface area (TPSA) is 66.5 Å². The number of hydrogen-bond donors (Lipinski definition) is 1. The van der Waals surface area contributed by atoms with Crippen LogP contribution in [0.3, 0.4) is 0 Å². The molecule has 0 radical (unpaired) electrons. The van der Waals surface area contributed by atoms with Gasteiger partial charge in [0, 0.05) is 24.5 Å². The molecule has 0 aromatic heterocycles. The first kappa shape index (κ1) is 21.1. The number of nitrogens with one attached hydrogen (secondary N) is 1. The normalized spacial score (nSPS) is 16.3. The van der Waals surface area contributed by atoms with E-state index in [0.29, 0.717) is 16.3 Å². The monoisotopic (exact) mass is 428 g/mol. The van der Waals surface area contributed by atoms with Crippen LogP contribution in [0.15, 0.2) is 59.5 Å². The molecule has 150 valence electrons. The first-order valence-electron chi connectivity index (χ1n) is 9.26. The first-order chi connectivity index (χ1) is 13.9. The SMILES string of the molecule is CC(CC(=O)NCCN1C(=O)SC(=Cc2ccc(Cl)cc2)C1=O)c1ccccc1. The van der Waals surface area contributed by atoms with E-state index in [2.05, 4.69) is 5.32 Å². The van der Waals surface area contributed by atoms with E-state index < -0.39 is 0 Å². The van der Waals surface area contributed by atoms with Crippen LogP contribution in [0, 0.1) is 0 Å². The molecule has 2 aromatic rings. The van der Waals surface area contributed by atoms with Gasteiger partial charge in [-0.3, -0.25) is 19.3 Å². The van der Waals surface area contributed by atoms with Gasteiger partial charge in [-0.25, -0.2) is 0 Å². The molecule has 29 heavy (non-hydrogen) atoms. The summed E-state index contributed by atoms with van der Waals surface area (Å²) in [5.74, 6) is -0.359. The van der Waals surface area contributed by atoms with Crippen LogP contribution in [0.5, 0.6) is 0 Å². The van der Waals surface area contributed by atoms with Crippen molar-refractivity contribution in [2.45, 2.75) is 19.3 Å². The lowest BCUT2D eigenvalue weighted by Gasteiger charge is -2.15. The van der Waals surface area contributed by atoms with Crippen molar-refractivity contribution in [1.29, 1.82) is 0 Å². The first-order valence-corrected chi connectivity index (χ1v) is 10.5. The highest BCUT2D eigenvalue weighted by Gasteiger charge is 2.34. The largest absolute Gasteiger partial charge is 0.354 e. The maximum atomic E-state index is 12.5. The lowest BCUT2D eigenvalue weighted by Crippen LogP contribution is -2.37. The van der Waals surface area contributed by atoms with Crippen molar-refractivity contribution >= 4 is 46.5 Å². The summed E-state index contributed by atoms with van der Waals surface area (Å²) in [5.41, 5.74) is 1.89. The Kier molecular flexibility index (Phi) is 7.12. The van der Waals surface area contributed by atoms with Gasteiger partial charge in [-0.2, -0.15) is 0 Å². The summed E-state index contributed by atoms with van der Waals surface area (Å²) < 4.78 is 0. The third kappa shape index (κ3) is 5.71. The number of halogens is 1. The molecule has 0 saturated carbocycles. The van der Waals surface area contributed by atoms with Gasteiger partial charge in [0.05, 0.1) is 4.91 Å². The van der Waals surface area contributed by atoms with Crippen molar-refractivity contribution in [3.63, 3.8) is 0 Å². The molecular formula is C22H21ClN2O3S. The third-order valence-electron chi connectivity index (χ3n) is 4.56. The Morgan fingerprint density at radius 3 is 2.52 bits per heavy atom. The quantitative estimate of drug-likeness (QED) is 0.650. The minimum atomic E-state index is -0.346. The number of rotatable bonds is 7. The molecule has 2 aromatic carbocycles. The lowest BCUT2D eigenvalue weighted by atomic mass is 9.98. The van der Waals surface area contributed by atoms with Gasteiger partial charge >= 0.3 is 0 Å². The standard InChI is InChI=1S/C22H21ClN2O3S/c1-15(17-5-3-2-4-6-17)13-20(26)24-11-12-25-21(27)19(29-22(25)28)14-16-7-9-18(23)10-8-16/h2-10,14-15H,11-13H2,1H3,(H,24,26). The van der Waals surface area contributed by atoms with Gasteiger partial charge in [-0.15, -0.1) is 0 Å². The zero-order valence-electron chi connectivity index (χ0n) is 15.9. The molecule has 1 unspecified atom stereocenters. The van der Waals surface area contributed by atoms with E-state index in [1.165, 1.54) is 0 Å². The van der Waals surface area contributed by atoms with Gasteiger partial charge in [0.25, 0.3) is 11.1 Å². The highest BCUT2D eigenvalue weighted by Crippen LogP contribution is 2.32. The summed E-state index contributed by atoms with van der Waals surface area (Å²) in [6, 6.07) is 16.8. The average molecular weight is 429 g/mol. The number of amides is 3. The van der Waals surface area contributed by atoms with Crippen LogP contribution in [0.1, 0.15) is 30.4 Å². The Bertz CT molecular complexity index is 929. The number of nitrogens with zero attached hydrogens (tertiary/aromatic N) is 1. The lowest BCUT2D eigenvalue weighted by molar-refractivity contribution is -0.124. The van der Waals surface area contributed by atoms with E-state index in [9.17, 15) is 14.4 Å². The summed E-state index contributed by atoms with van der Waals surface area (Å²) in [5, 5.41) is 3.07. The molecule has 1 fully saturated rings. The Hall–Kier alpha value is -2.57. The Labute approximate surface area is 179 Å². The molecule has 1 aliphatic rings. The second-order valence-corrected chi connectivity index (χ2v) is 8.18. The number of thioether (sulfide) groups is 1. The van der Waals surface area contributed by atoms with Gasteiger partial charge < -0.3 is 5.32 Å². The van der Waals surface area contributed by atoms with E-state index in [0.717, 1.165) is 27.8 Å². The predicted octanol–water partition coefficient (Wildman–Crippen LogP) is 4.69. The van der Waals surface area contributed by atoms with Gasteiger partial charge in [0.15, 0.2) is 0 Å². The summed E-state index contributed by atoms with van der Waals surface area (Å²) >= 11 is 6.76. The molecule has 3 amide bonds. The molecule has 0 spiro atoms. The Morgan fingerprint density at radius 1 is 1.14 bits per heavy atom. The van der Waals surface area contributed by atoms with Crippen molar-refractivity contribution in [2.24, 2.45) is 0 Å². The maximum absolute atomic E-state index is 12.5. The maximum Gasteiger partial charge on any atom is 0.293 e. The molecule has 5 nitrogen and oxygen atoms in total. The summed E-state index contributed by atoms with van der Waals surface area (Å²) in [6.07, 6.45) is 2.02. The van der Waals surface area contributed by atoms with Crippen LogP contribution in [-0.2, 0) is 9.59 Å². The van der Waals surface area contributed by atoms with Crippen molar-refractivity contribution in [3.8, 4) is 0 Å². The zero-order valence-corrected chi connectivity index (χ0v) is 17.5. The smallest absolute Gasteiger partial charge is 0.293 e. The zero-order chi connectivity index (χ0) is 20.8. The van der Waals surface area contributed by atoms with Crippen molar-refractivity contribution in [2.75, 3.05) is 13.1 Å². The number of imide groups is 1. The van der Waals surface area contributed by atoms with Crippen LogP contribution in [0.4, 0.5) is 4.79 Å². The molecule has 7 heteroatoms. The van der Waals surface area contributed by atoms with Crippen molar-refractivity contribution in [3.05, 3.63) is 75.7 Å². The van der Waals surface area contributed by atoms with E-state index in [-0.39, 0.29) is 36.1 Å². The molecule has 0 aliphatic carbocycles. The van der Waals surface area contributed by atoms with Gasteiger partial charge in [-0.05, 0) is 47.0 Å². The molecule has 1 saturated heterocycles. The van der Waals surface area contributed by atoms with E-state index in [1.54, 1.807) is 30.3 Å². The summed E-state index contributed by atoms with van der Waals surface area (Å²) in [7, 11) is 0. The molecule has 1 N–H and O–H groups in total. The average Bonchev–Trinajstić information content (AvgIpc) is 2.97. The minimum Gasteiger partial charge on any atom is -0.354 e. The number of hydrogen-bond acceptors (Lipinski definition) is 4. The van der Waals surface area contributed by atoms with Crippen LogP contribution in [0.2, 0.25) is 5.02 Å². The van der Waals surface area contributed by atoms with Gasteiger partial charge in [-0.1, -0.05) is 61.0 Å². The van der Waals surface area contributed by atoms with Crippen LogP contribution < -0.4 is 5.32 Å². The van der Waals surface area contributed by atoms with E-state index in [1.807, 2.05) is 37.3 Å². The minimum absolute atomic E-state index is 0.0933. The van der Waals surface area contributed by atoms with Crippen LogP contribution in [-0.4, -0.2) is 35.0 Å². The van der Waals surface area contributed by atoms with Crippen molar-refractivity contribution in [1.82, 2.24) is 10.2 Å². The molecule has 1 atom stereocenters. The molecular weight excluding hydrogens is 408 g/mol. The fourth-order valence-corrected chi connectivity index (χ4v) is 3.95. The fraction of sp³-hybridized carbons (Fsp3) is 0.227. The number of carbonyl (C=O) groups is 3. The molecule has 1 heterocycles. The van der Waals surface area contributed by atoms with Crippen LogP contribution >= 0.6 is 23.4 Å². The second-order valence-electron chi connectivity index (χ2n) is 6.75. The summed E-state index contributed by atoms with van der Waals surface area (Å²) in [6.45, 7) is 2.37. The molecule has 0 bridgehead atoms. The van der Waals surface area contributed by atoms with Gasteiger partial charge in [0.1, 0.15) is 0 Å². The fourth-order valence-electron chi connectivity index (χ4n) is 2.96. The number of benzene rings is 2. The highest BCUT2D eigenvalue weighted by molar-refractivity contribution is 8.18. The van der Waals surface area contributed by atoms with Crippen molar-refractivity contribution < 1.29 is 14.4 Å². The predicted molar refractivity (Wildman–Crippen MR) is 117 cm³/mol. The summed E-state index contributed by atoms with van der Waals surface area (Å²) in [4.78, 5) is 38.4. The third-order valence-corrected chi connectivity index (χ3v) is 5.72. The van der Waals surface area contributed by atoms with E-state index in [4.69, 9.17) is 11.6 Å². The molecule has 1 aliphatic heterocycles. The second kappa shape index (κ2) is 9.76. The Balaban J connectivity index is 1.50. The molecule has 3 rings (SSSR count).